The minimum atomic E-state index is 0.474. The summed E-state index contributed by atoms with van der Waals surface area (Å²) in [5, 5.41) is 0. The van der Waals surface area contributed by atoms with Gasteiger partial charge in [0.2, 0.25) is 0 Å². The Morgan fingerprint density at radius 1 is 1.38 bits per heavy atom. The second kappa shape index (κ2) is 3.38. The summed E-state index contributed by atoms with van der Waals surface area (Å²) in [5.74, 6) is 1.62. The van der Waals surface area contributed by atoms with Crippen molar-refractivity contribution < 1.29 is 4.74 Å². The van der Waals surface area contributed by atoms with Crippen molar-refractivity contribution in [3.05, 3.63) is 41.5 Å². The van der Waals surface area contributed by atoms with Crippen LogP contribution in [0.25, 0.3) is 0 Å². The number of fused-ring (bicyclic) bond motifs is 3. The Hall–Kier alpha value is -1.24. The molecule has 2 aliphatic rings. The molecule has 1 aromatic carbocycles. The summed E-state index contributed by atoms with van der Waals surface area (Å²) < 4.78 is 5.30. The number of hydrogen-bond acceptors (Lipinski definition) is 1. The topological polar surface area (TPSA) is 9.23 Å². The molecule has 0 spiro atoms. The molecular weight excluding hydrogens is 196 g/mol. The lowest BCUT2D eigenvalue weighted by Crippen LogP contribution is -2.26. The van der Waals surface area contributed by atoms with Gasteiger partial charge in [0.05, 0.1) is 7.11 Å². The van der Waals surface area contributed by atoms with Crippen LogP contribution in [-0.2, 0) is 6.42 Å². The highest BCUT2D eigenvalue weighted by molar-refractivity contribution is 5.44. The normalized spacial score (nSPS) is 31.0. The van der Waals surface area contributed by atoms with Gasteiger partial charge in [-0.15, -0.1) is 0 Å². The third-order valence-electron chi connectivity index (χ3n) is 4.31. The first-order valence-electron chi connectivity index (χ1n) is 6.06. The lowest BCUT2D eigenvalue weighted by molar-refractivity contribution is 0.267. The minimum Gasteiger partial charge on any atom is -0.497 e. The largest absolute Gasteiger partial charge is 0.497 e. The zero-order chi connectivity index (χ0) is 11.2. The molecule has 1 heteroatoms. The van der Waals surface area contributed by atoms with Gasteiger partial charge < -0.3 is 4.74 Å². The Labute approximate surface area is 97.1 Å². The van der Waals surface area contributed by atoms with Crippen LogP contribution < -0.4 is 4.74 Å². The van der Waals surface area contributed by atoms with E-state index in [4.69, 9.17) is 4.74 Å². The molecule has 0 saturated carbocycles. The lowest BCUT2D eigenvalue weighted by atomic mass is 9.66. The summed E-state index contributed by atoms with van der Waals surface area (Å²) >= 11 is 0. The zero-order valence-electron chi connectivity index (χ0n) is 9.99. The third kappa shape index (κ3) is 1.31. The van der Waals surface area contributed by atoms with E-state index >= 15 is 0 Å². The highest BCUT2D eigenvalue weighted by Gasteiger charge is 2.39. The molecule has 0 heterocycles. The van der Waals surface area contributed by atoms with Crippen molar-refractivity contribution in [3.63, 3.8) is 0 Å². The summed E-state index contributed by atoms with van der Waals surface area (Å²) in [5.41, 5.74) is 3.47. The summed E-state index contributed by atoms with van der Waals surface area (Å²) in [7, 11) is 1.74. The van der Waals surface area contributed by atoms with Crippen LogP contribution in [0.2, 0.25) is 0 Å². The third-order valence-corrected chi connectivity index (χ3v) is 4.31. The fourth-order valence-electron chi connectivity index (χ4n) is 3.22. The molecule has 0 bridgehead atoms. The van der Waals surface area contributed by atoms with E-state index in [1.54, 1.807) is 7.11 Å². The molecule has 2 atom stereocenters. The van der Waals surface area contributed by atoms with Crippen LogP contribution in [0, 0.1) is 5.41 Å². The first-order chi connectivity index (χ1) is 7.73. The number of methoxy groups -OCH3 is 1. The van der Waals surface area contributed by atoms with Crippen LogP contribution in [-0.4, -0.2) is 7.11 Å². The van der Waals surface area contributed by atoms with Gasteiger partial charge in [-0.3, -0.25) is 0 Å². The molecular formula is C15H18O. The predicted molar refractivity (Wildman–Crippen MR) is 65.9 cm³/mol. The first-order valence-corrected chi connectivity index (χ1v) is 6.06. The van der Waals surface area contributed by atoms with Gasteiger partial charge in [-0.25, -0.2) is 0 Å². The van der Waals surface area contributed by atoms with Crippen molar-refractivity contribution in [1.82, 2.24) is 0 Å². The number of rotatable bonds is 1. The molecule has 16 heavy (non-hydrogen) atoms. The van der Waals surface area contributed by atoms with E-state index in [0.717, 1.165) is 5.75 Å². The van der Waals surface area contributed by atoms with Crippen molar-refractivity contribution in [2.45, 2.75) is 32.1 Å². The molecule has 0 unspecified atom stereocenters. The number of benzene rings is 1. The highest BCUT2D eigenvalue weighted by atomic mass is 16.5. The SMILES string of the molecule is COc1ccc2c(c1)CC[C@@]1(C)CC=C[C@@H]21. The number of aryl methyl sites for hydroxylation is 1. The van der Waals surface area contributed by atoms with Crippen molar-refractivity contribution in [3.8, 4) is 5.75 Å². The highest BCUT2D eigenvalue weighted by Crippen LogP contribution is 2.52. The molecule has 2 aliphatic carbocycles. The maximum absolute atomic E-state index is 5.30. The smallest absolute Gasteiger partial charge is 0.119 e. The summed E-state index contributed by atoms with van der Waals surface area (Å²) in [6.45, 7) is 2.42. The van der Waals surface area contributed by atoms with E-state index in [9.17, 15) is 0 Å². The van der Waals surface area contributed by atoms with Gasteiger partial charge in [-0.05, 0) is 47.9 Å². The zero-order valence-corrected chi connectivity index (χ0v) is 9.99. The van der Waals surface area contributed by atoms with Crippen molar-refractivity contribution in [1.29, 1.82) is 0 Å². The second-order valence-electron chi connectivity index (χ2n) is 5.33. The number of hydrogen-bond donors (Lipinski definition) is 0. The van der Waals surface area contributed by atoms with Crippen molar-refractivity contribution in [2.75, 3.05) is 7.11 Å². The maximum atomic E-state index is 5.30. The van der Waals surface area contributed by atoms with Crippen LogP contribution in [0.15, 0.2) is 30.4 Å². The lowest BCUT2D eigenvalue weighted by Gasteiger charge is -2.37. The van der Waals surface area contributed by atoms with Gasteiger partial charge in [-0.1, -0.05) is 25.1 Å². The molecule has 0 radical (unpaired) electrons. The molecule has 3 rings (SSSR count). The van der Waals surface area contributed by atoms with Crippen LogP contribution in [0.1, 0.15) is 36.8 Å². The Balaban J connectivity index is 2.07. The Morgan fingerprint density at radius 3 is 3.06 bits per heavy atom. The van der Waals surface area contributed by atoms with Crippen LogP contribution in [0.4, 0.5) is 0 Å². The van der Waals surface area contributed by atoms with E-state index in [0.29, 0.717) is 11.3 Å². The number of ether oxygens (including phenoxy) is 1. The fourth-order valence-corrected chi connectivity index (χ4v) is 3.22. The molecule has 0 saturated heterocycles. The van der Waals surface area contributed by atoms with E-state index < -0.39 is 0 Å². The van der Waals surface area contributed by atoms with E-state index in [-0.39, 0.29) is 0 Å². The molecule has 1 aromatic rings. The van der Waals surface area contributed by atoms with E-state index in [1.165, 1.54) is 30.4 Å². The molecule has 0 N–H and O–H groups in total. The minimum absolute atomic E-state index is 0.474. The quantitative estimate of drug-likeness (QED) is 0.648. The van der Waals surface area contributed by atoms with Crippen molar-refractivity contribution >= 4 is 0 Å². The molecule has 0 amide bonds. The average Bonchev–Trinajstić information content (AvgIpc) is 2.70. The van der Waals surface area contributed by atoms with Gasteiger partial charge >= 0.3 is 0 Å². The van der Waals surface area contributed by atoms with E-state index in [1.807, 2.05) is 0 Å². The van der Waals surface area contributed by atoms with Gasteiger partial charge in [0.15, 0.2) is 0 Å². The summed E-state index contributed by atoms with van der Waals surface area (Å²) in [4.78, 5) is 0. The van der Waals surface area contributed by atoms with Gasteiger partial charge in [0.25, 0.3) is 0 Å². The fraction of sp³-hybridized carbons (Fsp3) is 0.467. The average molecular weight is 214 g/mol. The van der Waals surface area contributed by atoms with Crippen LogP contribution >= 0.6 is 0 Å². The number of allylic oxidation sites excluding steroid dienone is 2. The second-order valence-corrected chi connectivity index (χ2v) is 5.33. The Kier molecular flexibility index (Phi) is 2.10. The van der Waals surface area contributed by atoms with Gasteiger partial charge in [-0.2, -0.15) is 0 Å². The molecule has 0 aliphatic heterocycles. The monoisotopic (exact) mass is 214 g/mol. The summed E-state index contributed by atoms with van der Waals surface area (Å²) in [6, 6.07) is 6.56. The van der Waals surface area contributed by atoms with Crippen LogP contribution in [0.3, 0.4) is 0 Å². The standard InChI is InChI=1S/C15H18O/c1-15-8-3-4-14(15)13-6-5-12(16-2)10-11(13)7-9-15/h3-6,10,14H,7-9H2,1-2H3/t14-,15+/m0/s1. The molecule has 0 fully saturated rings. The predicted octanol–water partition coefficient (Wildman–Crippen LogP) is 3.69. The molecule has 0 aromatic heterocycles. The maximum Gasteiger partial charge on any atom is 0.119 e. The molecule has 1 nitrogen and oxygen atoms in total. The summed E-state index contributed by atoms with van der Waals surface area (Å²) in [6.07, 6.45) is 8.48. The Bertz CT molecular complexity index is 447. The van der Waals surface area contributed by atoms with E-state index in [2.05, 4.69) is 37.3 Å². The first kappa shape index (κ1) is 9.95. The van der Waals surface area contributed by atoms with Crippen molar-refractivity contribution in [2.24, 2.45) is 5.41 Å². The Morgan fingerprint density at radius 2 is 2.25 bits per heavy atom. The van der Waals surface area contributed by atoms with Crippen LogP contribution in [0.5, 0.6) is 5.75 Å². The van der Waals surface area contributed by atoms with Gasteiger partial charge in [0.1, 0.15) is 5.75 Å². The van der Waals surface area contributed by atoms with Gasteiger partial charge in [0, 0.05) is 5.92 Å². The molecule has 84 valence electrons.